The topological polar surface area (TPSA) is 20.2 Å². The second-order valence-corrected chi connectivity index (χ2v) is 3.00. The summed E-state index contributed by atoms with van der Waals surface area (Å²) in [6.07, 6.45) is 3.82. The van der Waals surface area contributed by atoms with Gasteiger partial charge in [-0.15, -0.1) is 0 Å². The Morgan fingerprint density at radius 1 is 1.17 bits per heavy atom. The highest BCUT2D eigenvalue weighted by molar-refractivity contribution is 5.58. The van der Waals surface area contributed by atoms with E-state index in [0.29, 0.717) is 5.75 Å². The molecule has 1 aromatic rings. The van der Waals surface area contributed by atoms with Crippen molar-refractivity contribution in [2.24, 2.45) is 0 Å². The van der Waals surface area contributed by atoms with E-state index in [1.807, 2.05) is 39.0 Å². The molecule has 1 rings (SSSR count). The molecule has 0 aromatic heterocycles. The molecule has 0 fully saturated rings. The molecule has 1 heteroatoms. The zero-order valence-electron chi connectivity index (χ0n) is 7.76. The number of phenols is 1. The van der Waals surface area contributed by atoms with Crippen LogP contribution in [0.15, 0.2) is 18.2 Å². The van der Waals surface area contributed by atoms with Gasteiger partial charge in [0.25, 0.3) is 0 Å². The van der Waals surface area contributed by atoms with Crippen LogP contribution in [0, 0.1) is 13.8 Å². The molecule has 0 aliphatic carbocycles. The molecule has 0 aliphatic heterocycles. The molecule has 0 atom stereocenters. The summed E-state index contributed by atoms with van der Waals surface area (Å²) in [6.45, 7) is 5.98. The van der Waals surface area contributed by atoms with E-state index in [0.717, 1.165) is 11.1 Å². The van der Waals surface area contributed by atoms with Crippen molar-refractivity contribution in [2.75, 3.05) is 0 Å². The Balaban J connectivity index is 3.23. The lowest BCUT2D eigenvalue weighted by Crippen LogP contribution is -1.83. The van der Waals surface area contributed by atoms with Crippen LogP contribution in [0.25, 0.3) is 6.08 Å². The maximum atomic E-state index is 9.50. The van der Waals surface area contributed by atoms with Crippen molar-refractivity contribution in [1.82, 2.24) is 0 Å². The van der Waals surface area contributed by atoms with E-state index in [1.54, 1.807) is 6.07 Å². The van der Waals surface area contributed by atoms with Gasteiger partial charge < -0.3 is 5.11 Å². The predicted octanol–water partition coefficient (Wildman–Crippen LogP) is 3.04. The van der Waals surface area contributed by atoms with Gasteiger partial charge in [0, 0.05) is 5.56 Å². The molecule has 0 aliphatic rings. The minimum absolute atomic E-state index is 0.358. The first kappa shape index (κ1) is 8.85. The molecule has 0 unspecified atom stereocenters. The van der Waals surface area contributed by atoms with E-state index in [-0.39, 0.29) is 0 Å². The second-order valence-electron chi connectivity index (χ2n) is 3.00. The summed E-state index contributed by atoms with van der Waals surface area (Å²) in [7, 11) is 0. The van der Waals surface area contributed by atoms with Crippen molar-refractivity contribution in [3.63, 3.8) is 0 Å². The largest absolute Gasteiger partial charge is 0.507 e. The minimum atomic E-state index is 0.358. The Hall–Kier alpha value is -1.24. The summed E-state index contributed by atoms with van der Waals surface area (Å²) in [5, 5.41) is 9.50. The van der Waals surface area contributed by atoms with E-state index in [4.69, 9.17) is 0 Å². The number of rotatable bonds is 1. The molecule has 0 radical (unpaired) electrons. The van der Waals surface area contributed by atoms with E-state index >= 15 is 0 Å². The fraction of sp³-hybridized carbons (Fsp3) is 0.273. The first-order valence-corrected chi connectivity index (χ1v) is 4.08. The number of aryl methyl sites for hydroxylation is 2. The molecule has 0 amide bonds. The molecule has 12 heavy (non-hydrogen) atoms. The van der Waals surface area contributed by atoms with Gasteiger partial charge in [0.1, 0.15) is 5.75 Å². The van der Waals surface area contributed by atoms with Gasteiger partial charge >= 0.3 is 0 Å². The summed E-state index contributed by atoms with van der Waals surface area (Å²) >= 11 is 0. The standard InChI is InChI=1S/C11H14O/c1-4-5-10-6-8(2)9(3)7-11(10)12/h4-7,12H,1-3H3/b5-4+. The lowest BCUT2D eigenvalue weighted by molar-refractivity contribution is 0.473. The Kier molecular flexibility index (Phi) is 2.54. The van der Waals surface area contributed by atoms with E-state index in [1.165, 1.54) is 5.56 Å². The van der Waals surface area contributed by atoms with Crippen molar-refractivity contribution in [3.05, 3.63) is 34.9 Å². The van der Waals surface area contributed by atoms with Crippen LogP contribution in [0.3, 0.4) is 0 Å². The second kappa shape index (κ2) is 3.44. The first-order valence-electron chi connectivity index (χ1n) is 4.08. The van der Waals surface area contributed by atoms with Crippen LogP contribution in [0.5, 0.6) is 5.75 Å². The lowest BCUT2D eigenvalue weighted by atomic mass is 10.0. The first-order chi connectivity index (χ1) is 5.65. The summed E-state index contributed by atoms with van der Waals surface area (Å²) in [6, 6.07) is 3.79. The maximum absolute atomic E-state index is 9.50. The average Bonchev–Trinajstić information content (AvgIpc) is 2.01. The Morgan fingerprint density at radius 3 is 2.33 bits per heavy atom. The number of aromatic hydroxyl groups is 1. The Morgan fingerprint density at radius 2 is 1.75 bits per heavy atom. The van der Waals surface area contributed by atoms with Crippen LogP contribution in [0.1, 0.15) is 23.6 Å². The monoisotopic (exact) mass is 162 g/mol. The van der Waals surface area contributed by atoms with Crippen molar-refractivity contribution < 1.29 is 5.11 Å². The van der Waals surface area contributed by atoms with Gasteiger partial charge in [0.15, 0.2) is 0 Å². The molecule has 0 saturated heterocycles. The number of phenolic OH excluding ortho intramolecular Hbond substituents is 1. The fourth-order valence-electron chi connectivity index (χ4n) is 1.14. The number of hydrogen-bond acceptors (Lipinski definition) is 1. The Labute approximate surface area is 73.4 Å². The molecule has 0 saturated carbocycles. The van der Waals surface area contributed by atoms with Crippen LogP contribution in [-0.2, 0) is 0 Å². The quantitative estimate of drug-likeness (QED) is 0.673. The summed E-state index contributed by atoms with van der Waals surface area (Å²) < 4.78 is 0. The number of benzene rings is 1. The zero-order valence-corrected chi connectivity index (χ0v) is 7.76. The van der Waals surface area contributed by atoms with E-state index < -0.39 is 0 Å². The van der Waals surface area contributed by atoms with Crippen molar-refractivity contribution in [1.29, 1.82) is 0 Å². The fourth-order valence-corrected chi connectivity index (χ4v) is 1.14. The van der Waals surface area contributed by atoms with Crippen LogP contribution >= 0.6 is 0 Å². The Bertz CT molecular complexity index is 311. The number of hydrogen-bond donors (Lipinski definition) is 1. The van der Waals surface area contributed by atoms with Crippen LogP contribution in [-0.4, -0.2) is 5.11 Å². The normalized spacial score (nSPS) is 10.9. The lowest BCUT2D eigenvalue weighted by Gasteiger charge is -2.04. The SMILES string of the molecule is C/C=C/c1cc(C)c(C)cc1O. The van der Waals surface area contributed by atoms with Crippen LogP contribution in [0.2, 0.25) is 0 Å². The molecule has 0 spiro atoms. The van der Waals surface area contributed by atoms with Crippen LogP contribution in [0.4, 0.5) is 0 Å². The third-order valence-corrected chi connectivity index (χ3v) is 1.99. The van der Waals surface area contributed by atoms with E-state index in [2.05, 4.69) is 0 Å². The van der Waals surface area contributed by atoms with Gasteiger partial charge in [-0.05, 0) is 44.0 Å². The molecule has 0 heterocycles. The van der Waals surface area contributed by atoms with Gasteiger partial charge in [0.2, 0.25) is 0 Å². The third kappa shape index (κ3) is 1.67. The highest BCUT2D eigenvalue weighted by atomic mass is 16.3. The minimum Gasteiger partial charge on any atom is -0.507 e. The van der Waals surface area contributed by atoms with Crippen molar-refractivity contribution >= 4 is 6.08 Å². The molecule has 1 nitrogen and oxygen atoms in total. The molecule has 64 valence electrons. The van der Waals surface area contributed by atoms with Crippen LogP contribution < -0.4 is 0 Å². The molecule has 1 N–H and O–H groups in total. The number of allylic oxidation sites excluding steroid dienone is 1. The zero-order chi connectivity index (χ0) is 9.14. The molecule has 1 aromatic carbocycles. The molecule has 0 bridgehead atoms. The van der Waals surface area contributed by atoms with Crippen molar-refractivity contribution in [3.8, 4) is 5.75 Å². The highest BCUT2D eigenvalue weighted by Gasteiger charge is 1.99. The third-order valence-electron chi connectivity index (χ3n) is 1.99. The summed E-state index contributed by atoms with van der Waals surface area (Å²) in [4.78, 5) is 0. The van der Waals surface area contributed by atoms with Crippen molar-refractivity contribution in [2.45, 2.75) is 20.8 Å². The average molecular weight is 162 g/mol. The predicted molar refractivity (Wildman–Crippen MR) is 52.3 cm³/mol. The molecular formula is C11H14O. The van der Waals surface area contributed by atoms with Gasteiger partial charge in [-0.3, -0.25) is 0 Å². The van der Waals surface area contributed by atoms with Gasteiger partial charge in [-0.2, -0.15) is 0 Å². The maximum Gasteiger partial charge on any atom is 0.123 e. The van der Waals surface area contributed by atoms with Gasteiger partial charge in [0.05, 0.1) is 0 Å². The molecular weight excluding hydrogens is 148 g/mol. The van der Waals surface area contributed by atoms with E-state index in [9.17, 15) is 5.11 Å². The highest BCUT2D eigenvalue weighted by Crippen LogP contribution is 2.22. The van der Waals surface area contributed by atoms with Gasteiger partial charge in [-0.1, -0.05) is 12.2 Å². The smallest absolute Gasteiger partial charge is 0.123 e. The summed E-state index contributed by atoms with van der Waals surface area (Å²) in [5.41, 5.74) is 3.22. The van der Waals surface area contributed by atoms with Gasteiger partial charge in [-0.25, -0.2) is 0 Å². The summed E-state index contributed by atoms with van der Waals surface area (Å²) in [5.74, 6) is 0.358.